The predicted octanol–water partition coefficient (Wildman–Crippen LogP) is 3.16. The minimum Gasteiger partial charge on any atom is -0.211 e. The molecule has 0 fully saturated rings. The van der Waals surface area contributed by atoms with Gasteiger partial charge >= 0.3 is 0 Å². The minimum atomic E-state index is -3.50. The molecular weight excluding hydrogens is 392 g/mol. The summed E-state index contributed by atoms with van der Waals surface area (Å²) >= 11 is 14.7. The first-order valence-electron chi connectivity index (χ1n) is 3.98. The van der Waals surface area contributed by atoms with Crippen LogP contribution in [-0.2, 0) is 10.0 Å². The average Bonchev–Trinajstić information content (AvgIpc) is 2.46. The smallest absolute Gasteiger partial charge is 0.211 e. The first-order valence-corrected chi connectivity index (χ1v) is 8.56. The number of nitrogens with one attached hydrogen (secondary N) is 1. The lowest BCUT2D eigenvalue weighted by molar-refractivity contribution is 0.581. The molecule has 0 aliphatic heterocycles. The maximum Gasteiger partial charge on any atom is 0.242 e. The Labute approximate surface area is 116 Å². The molecule has 0 atom stereocenters. The molecule has 0 spiro atoms. The first kappa shape index (κ1) is 14.0. The van der Waals surface area contributed by atoms with Crippen molar-refractivity contribution in [2.75, 3.05) is 11.0 Å². The van der Waals surface area contributed by atoms with Crippen LogP contribution in [0, 0.1) is 0 Å². The monoisotopic (exact) mass is 399 g/mol. The van der Waals surface area contributed by atoms with E-state index < -0.39 is 10.0 Å². The van der Waals surface area contributed by atoms with E-state index in [9.17, 15) is 8.42 Å². The van der Waals surface area contributed by atoms with Crippen LogP contribution in [-0.4, -0.2) is 19.4 Å². The summed E-state index contributed by atoms with van der Waals surface area (Å²) in [6.45, 7) is 0.412. The maximum atomic E-state index is 11.7. The third kappa shape index (κ3) is 4.01. The Morgan fingerprint density at radius 2 is 2.13 bits per heavy atom. The lowest BCUT2D eigenvalue weighted by Gasteiger charge is -2.03. The lowest BCUT2D eigenvalue weighted by Crippen LogP contribution is -2.24. The van der Waals surface area contributed by atoms with Crippen molar-refractivity contribution >= 4 is 67.2 Å². The van der Waals surface area contributed by atoms with Gasteiger partial charge in [-0.25, -0.2) is 13.1 Å². The summed E-state index contributed by atoms with van der Waals surface area (Å²) in [6, 6.07) is 1.36. The number of rotatable bonds is 5. The van der Waals surface area contributed by atoms with Crippen molar-refractivity contribution in [2.24, 2.45) is 0 Å². The van der Waals surface area contributed by atoms with Crippen molar-refractivity contribution in [3.05, 3.63) is 14.7 Å². The van der Waals surface area contributed by atoms with Crippen LogP contribution in [0.15, 0.2) is 11.0 Å². The quantitative estimate of drug-likeness (QED) is 0.469. The van der Waals surface area contributed by atoms with Crippen molar-refractivity contribution < 1.29 is 8.42 Å². The van der Waals surface area contributed by atoms with E-state index in [1.165, 1.54) is 6.07 Å². The molecule has 1 aromatic heterocycles. The number of halogens is 3. The highest BCUT2D eigenvalue weighted by Crippen LogP contribution is 2.33. The largest absolute Gasteiger partial charge is 0.242 e. The fourth-order valence-electron chi connectivity index (χ4n) is 0.859. The van der Waals surface area contributed by atoms with Crippen molar-refractivity contribution in [2.45, 2.75) is 11.3 Å². The first-order chi connectivity index (χ1) is 6.97. The normalized spacial score (nSPS) is 11.9. The number of sulfonamides is 1. The van der Waals surface area contributed by atoms with Gasteiger partial charge in [0.25, 0.3) is 0 Å². The Hall–Kier alpha value is 0.920. The van der Waals surface area contributed by atoms with Crippen LogP contribution in [0.5, 0.6) is 0 Å². The van der Waals surface area contributed by atoms with E-state index in [-0.39, 0.29) is 9.23 Å². The summed E-state index contributed by atoms with van der Waals surface area (Å²) in [7, 11) is -3.50. The van der Waals surface area contributed by atoms with Gasteiger partial charge in [0.1, 0.15) is 9.23 Å². The minimum absolute atomic E-state index is 0.0626. The fourth-order valence-corrected chi connectivity index (χ4v) is 4.46. The number of alkyl halides is 1. The van der Waals surface area contributed by atoms with Crippen LogP contribution >= 0.6 is 57.1 Å². The van der Waals surface area contributed by atoms with Crippen LogP contribution in [0.1, 0.15) is 6.42 Å². The van der Waals surface area contributed by atoms with Gasteiger partial charge in [-0.1, -0.05) is 45.8 Å². The molecule has 1 aromatic rings. The molecular formula is C7H8Cl2INO2S2. The Bertz CT molecular complexity index is 432. The third-order valence-electron chi connectivity index (χ3n) is 1.52. The molecule has 1 N–H and O–H groups in total. The lowest BCUT2D eigenvalue weighted by atomic mass is 10.5. The van der Waals surface area contributed by atoms with Crippen LogP contribution in [0.3, 0.4) is 0 Å². The van der Waals surface area contributed by atoms with Gasteiger partial charge in [-0.2, -0.15) is 0 Å². The van der Waals surface area contributed by atoms with Gasteiger partial charge < -0.3 is 0 Å². The summed E-state index contributed by atoms with van der Waals surface area (Å²) in [6.07, 6.45) is 0.787. The molecule has 0 aliphatic carbocycles. The standard InChI is InChI=1S/C7H8Cl2INO2S2/c8-6-4-5(7(9)14-6)15(12,13)11-3-1-2-10/h4,11H,1-3H2. The van der Waals surface area contributed by atoms with Crippen molar-refractivity contribution in [1.29, 1.82) is 0 Å². The van der Waals surface area contributed by atoms with Crippen molar-refractivity contribution in [3.63, 3.8) is 0 Å². The zero-order valence-corrected chi connectivity index (χ0v) is 12.8. The number of thiophene rings is 1. The molecule has 0 aliphatic rings. The van der Waals surface area contributed by atoms with Gasteiger partial charge in [0.15, 0.2) is 0 Å². The van der Waals surface area contributed by atoms with E-state index in [0.717, 1.165) is 22.2 Å². The highest BCUT2D eigenvalue weighted by Gasteiger charge is 2.20. The second-order valence-electron chi connectivity index (χ2n) is 2.63. The molecule has 1 rings (SSSR count). The Morgan fingerprint density at radius 3 is 2.60 bits per heavy atom. The Morgan fingerprint density at radius 1 is 1.47 bits per heavy atom. The van der Waals surface area contributed by atoms with E-state index in [1.807, 2.05) is 0 Å². The number of hydrogen-bond donors (Lipinski definition) is 1. The Balaban J connectivity index is 2.82. The van der Waals surface area contributed by atoms with E-state index in [1.54, 1.807) is 0 Å². The van der Waals surface area contributed by atoms with Crippen LogP contribution in [0.4, 0.5) is 0 Å². The highest BCUT2D eigenvalue weighted by molar-refractivity contribution is 14.1. The molecule has 0 aromatic carbocycles. The van der Waals surface area contributed by atoms with Gasteiger partial charge in [-0.3, -0.25) is 0 Å². The van der Waals surface area contributed by atoms with E-state index in [4.69, 9.17) is 23.2 Å². The highest BCUT2D eigenvalue weighted by atomic mass is 127. The third-order valence-corrected chi connectivity index (χ3v) is 5.49. The average molecular weight is 400 g/mol. The molecule has 0 bridgehead atoms. The van der Waals surface area contributed by atoms with E-state index in [0.29, 0.717) is 10.9 Å². The second kappa shape index (κ2) is 6.02. The van der Waals surface area contributed by atoms with Gasteiger partial charge in [-0.05, 0) is 12.5 Å². The fraction of sp³-hybridized carbons (Fsp3) is 0.429. The molecule has 8 heteroatoms. The molecule has 86 valence electrons. The van der Waals surface area contributed by atoms with Gasteiger partial charge in [0.2, 0.25) is 10.0 Å². The molecule has 0 saturated carbocycles. The summed E-state index contributed by atoms with van der Waals surface area (Å²) in [5, 5.41) is 0. The van der Waals surface area contributed by atoms with E-state index in [2.05, 4.69) is 27.3 Å². The van der Waals surface area contributed by atoms with E-state index >= 15 is 0 Å². The SMILES string of the molecule is O=S(=O)(NCCCI)c1cc(Cl)sc1Cl. The summed E-state index contributed by atoms with van der Waals surface area (Å²) in [5.74, 6) is 0. The molecule has 15 heavy (non-hydrogen) atoms. The summed E-state index contributed by atoms with van der Waals surface area (Å²) in [4.78, 5) is 0.0626. The molecule has 0 radical (unpaired) electrons. The van der Waals surface area contributed by atoms with Crippen LogP contribution < -0.4 is 4.72 Å². The van der Waals surface area contributed by atoms with Crippen LogP contribution in [0.2, 0.25) is 8.67 Å². The Kier molecular flexibility index (Phi) is 5.61. The topological polar surface area (TPSA) is 46.2 Å². The van der Waals surface area contributed by atoms with Gasteiger partial charge in [0.05, 0.1) is 4.34 Å². The predicted molar refractivity (Wildman–Crippen MR) is 73.0 cm³/mol. The van der Waals surface area contributed by atoms with Gasteiger partial charge in [0, 0.05) is 11.0 Å². The summed E-state index contributed by atoms with van der Waals surface area (Å²) in [5.41, 5.74) is 0. The molecule has 0 amide bonds. The second-order valence-corrected chi connectivity index (χ2v) is 7.73. The summed E-state index contributed by atoms with van der Waals surface area (Å²) < 4.78 is 27.3. The zero-order chi connectivity index (χ0) is 11.5. The van der Waals surface area contributed by atoms with Crippen molar-refractivity contribution in [1.82, 2.24) is 4.72 Å². The number of hydrogen-bond acceptors (Lipinski definition) is 3. The molecule has 3 nitrogen and oxygen atoms in total. The molecule has 0 saturated heterocycles. The molecule has 0 unspecified atom stereocenters. The maximum absolute atomic E-state index is 11.7. The van der Waals surface area contributed by atoms with Gasteiger partial charge in [-0.15, -0.1) is 11.3 Å². The molecule has 1 heterocycles. The van der Waals surface area contributed by atoms with Crippen molar-refractivity contribution in [3.8, 4) is 0 Å². The zero-order valence-electron chi connectivity index (χ0n) is 7.47. The van der Waals surface area contributed by atoms with Crippen LogP contribution in [0.25, 0.3) is 0 Å².